The predicted molar refractivity (Wildman–Crippen MR) is 102 cm³/mol. The maximum Gasteiger partial charge on any atom is 0.465 e. The van der Waals surface area contributed by atoms with Crippen molar-refractivity contribution in [1.29, 1.82) is 0 Å². The average Bonchev–Trinajstić information content (AvgIpc) is 3.12. The second-order valence-corrected chi connectivity index (χ2v) is 9.03. The van der Waals surface area contributed by atoms with Crippen LogP contribution in [-0.4, -0.2) is 49.0 Å². The maximum absolute atomic E-state index is 11.8. The molecule has 1 fully saturated rings. The van der Waals surface area contributed by atoms with Gasteiger partial charge in [0.05, 0.1) is 11.5 Å². The zero-order valence-electron chi connectivity index (χ0n) is 14.6. The Kier molecular flexibility index (Phi) is 4.50. The summed E-state index contributed by atoms with van der Waals surface area (Å²) in [5.41, 5.74) is 3.40. The molecule has 4 rings (SSSR count). The van der Waals surface area contributed by atoms with Gasteiger partial charge < -0.3 is 15.3 Å². The second kappa shape index (κ2) is 6.68. The van der Waals surface area contributed by atoms with Gasteiger partial charge in [0, 0.05) is 34.7 Å². The summed E-state index contributed by atoms with van der Waals surface area (Å²) in [7, 11) is -2.58. The van der Waals surface area contributed by atoms with Crippen LogP contribution in [0.2, 0.25) is 0 Å². The Labute approximate surface area is 152 Å². The van der Waals surface area contributed by atoms with Crippen LogP contribution in [0.25, 0.3) is 11.0 Å². The molecule has 138 valence electrons. The highest BCUT2D eigenvalue weighted by Gasteiger charge is 2.34. The van der Waals surface area contributed by atoms with Gasteiger partial charge in [-0.1, -0.05) is 0 Å². The first-order chi connectivity index (χ1) is 12.5. The first-order valence-corrected chi connectivity index (χ1v) is 10.5. The number of sulfonamides is 1. The van der Waals surface area contributed by atoms with Crippen molar-refractivity contribution in [1.82, 2.24) is 20.0 Å². The summed E-state index contributed by atoms with van der Waals surface area (Å²) in [6, 6.07) is 1.96. The van der Waals surface area contributed by atoms with Crippen LogP contribution in [0.4, 0.5) is 0 Å². The summed E-state index contributed by atoms with van der Waals surface area (Å²) in [5.74, 6) is 0.598. The Balaban J connectivity index is 1.58. The van der Waals surface area contributed by atoms with Gasteiger partial charge >= 0.3 is 7.05 Å². The molecule has 0 unspecified atom stereocenters. The molecule has 0 spiro atoms. The summed E-state index contributed by atoms with van der Waals surface area (Å²) in [5, 5.41) is 18.4. The van der Waals surface area contributed by atoms with E-state index in [2.05, 4.69) is 25.1 Å². The molecule has 2 aromatic rings. The number of pyridine rings is 1. The van der Waals surface area contributed by atoms with Crippen molar-refractivity contribution >= 4 is 39.3 Å². The number of rotatable bonds is 4. The van der Waals surface area contributed by atoms with Crippen LogP contribution in [0.15, 0.2) is 23.6 Å². The van der Waals surface area contributed by atoms with Crippen LogP contribution >= 0.6 is 0 Å². The van der Waals surface area contributed by atoms with Crippen molar-refractivity contribution in [3.05, 3.63) is 24.0 Å². The fraction of sp³-hybridized carbons (Fsp3) is 0.500. The van der Waals surface area contributed by atoms with Gasteiger partial charge in [0.15, 0.2) is 0 Å². The number of hydrogen-bond acceptors (Lipinski definition) is 6. The van der Waals surface area contributed by atoms with Crippen LogP contribution in [0.3, 0.4) is 0 Å². The quantitative estimate of drug-likeness (QED) is 0.557. The first-order valence-electron chi connectivity index (χ1n) is 8.87. The topological polar surface area (TPSA) is 119 Å². The first kappa shape index (κ1) is 17.5. The number of H-pyrrole nitrogens is 1. The van der Waals surface area contributed by atoms with E-state index in [0.29, 0.717) is 0 Å². The van der Waals surface area contributed by atoms with Gasteiger partial charge in [-0.25, -0.2) is 18.1 Å². The minimum absolute atomic E-state index is 0.177. The minimum atomic E-state index is -3.18. The number of hydrazone groups is 1. The molecule has 1 saturated carbocycles. The number of hydrogen-bond donors (Lipinski definition) is 4. The Morgan fingerprint density at radius 3 is 2.85 bits per heavy atom. The highest BCUT2D eigenvalue weighted by Crippen LogP contribution is 2.33. The molecule has 0 amide bonds. The molecule has 1 aliphatic carbocycles. The largest absolute Gasteiger partial charge is 0.465 e. The Morgan fingerprint density at radius 1 is 1.35 bits per heavy atom. The summed E-state index contributed by atoms with van der Waals surface area (Å²) < 4.78 is 26.0. The molecule has 10 heteroatoms. The van der Waals surface area contributed by atoms with E-state index in [1.165, 1.54) is 7.05 Å². The van der Waals surface area contributed by atoms with Crippen molar-refractivity contribution in [2.75, 3.05) is 12.8 Å². The zero-order chi connectivity index (χ0) is 18.3. The van der Waals surface area contributed by atoms with E-state index >= 15 is 0 Å². The van der Waals surface area contributed by atoms with E-state index in [0.717, 1.165) is 53.5 Å². The van der Waals surface area contributed by atoms with E-state index in [9.17, 15) is 13.4 Å². The third-order valence-corrected chi connectivity index (χ3v) is 7.01. The molecule has 0 radical (unpaired) electrons. The lowest BCUT2D eigenvalue weighted by atomic mass is 9.68. The van der Waals surface area contributed by atoms with Crippen LogP contribution in [-0.2, 0) is 10.0 Å². The highest BCUT2D eigenvalue weighted by molar-refractivity contribution is 7.89. The van der Waals surface area contributed by atoms with Crippen LogP contribution in [0.1, 0.15) is 31.2 Å². The van der Waals surface area contributed by atoms with Gasteiger partial charge in [-0.3, -0.25) is 0 Å². The van der Waals surface area contributed by atoms with Gasteiger partial charge in [0.1, 0.15) is 5.65 Å². The monoisotopic (exact) mass is 375 g/mol. The van der Waals surface area contributed by atoms with Crippen molar-refractivity contribution < 1.29 is 13.4 Å². The van der Waals surface area contributed by atoms with Crippen molar-refractivity contribution in [3.63, 3.8) is 0 Å². The molecular weight excluding hydrogens is 353 g/mol. The lowest BCUT2D eigenvalue weighted by molar-refractivity contribution is 0.343. The van der Waals surface area contributed by atoms with E-state index in [4.69, 9.17) is 0 Å². The smallest absolute Gasteiger partial charge is 0.428 e. The molecule has 0 bridgehead atoms. The number of fused-ring (bicyclic) bond motifs is 3. The molecule has 2 aromatic heterocycles. The van der Waals surface area contributed by atoms with Crippen LogP contribution < -0.4 is 15.5 Å². The third kappa shape index (κ3) is 3.12. The molecule has 4 N–H and O–H groups in total. The average molecular weight is 375 g/mol. The Morgan fingerprint density at radius 2 is 2.12 bits per heavy atom. The Hall–Kier alpha value is -1.91. The van der Waals surface area contributed by atoms with Gasteiger partial charge in [0.25, 0.3) is 0 Å². The number of aromatic amines is 1. The number of aromatic nitrogens is 2. The molecule has 26 heavy (non-hydrogen) atoms. The Bertz CT molecular complexity index is 950. The fourth-order valence-corrected chi connectivity index (χ4v) is 5.18. The molecular formula is C16H22BN5O3S. The van der Waals surface area contributed by atoms with Crippen LogP contribution in [0, 0.1) is 11.8 Å². The summed E-state index contributed by atoms with van der Waals surface area (Å²) in [4.78, 5) is 7.47. The van der Waals surface area contributed by atoms with Crippen molar-refractivity contribution in [3.8, 4) is 0 Å². The van der Waals surface area contributed by atoms with E-state index in [-0.39, 0.29) is 17.6 Å². The van der Waals surface area contributed by atoms with E-state index < -0.39 is 17.1 Å². The van der Waals surface area contributed by atoms with E-state index in [1.807, 2.05) is 12.3 Å². The van der Waals surface area contributed by atoms with Gasteiger partial charge in [-0.2, -0.15) is 5.10 Å². The van der Waals surface area contributed by atoms with Gasteiger partial charge in [0.2, 0.25) is 10.0 Å². The lowest BCUT2D eigenvalue weighted by Gasteiger charge is -2.31. The van der Waals surface area contributed by atoms with Crippen molar-refractivity contribution in [2.45, 2.75) is 25.7 Å². The standard InChI is InChI=1S/C16H22BN5O3S/c1-18-26(24,25)9-10-2-4-11(5-3-10)15-14-12-6-7-19-16(12)20-8-13(14)17(23)22-21-15/h6-8,10-11,18,22-23H,2-5,9H2,1H3,(H,19,20). The molecule has 8 nitrogen and oxygen atoms in total. The molecule has 1 aliphatic heterocycles. The zero-order valence-corrected chi connectivity index (χ0v) is 15.4. The number of nitrogens with one attached hydrogen (secondary N) is 3. The normalized spacial score (nSPS) is 23.5. The molecule has 0 saturated heterocycles. The van der Waals surface area contributed by atoms with Crippen molar-refractivity contribution in [2.24, 2.45) is 16.9 Å². The third-order valence-electron chi connectivity index (χ3n) is 5.47. The summed E-state index contributed by atoms with van der Waals surface area (Å²) >= 11 is 0. The SMILES string of the molecule is CNS(=O)(=O)CC1CCC(C2=NNB(O)c3cnc4[nH]ccc4c32)CC1. The fourth-order valence-electron chi connectivity index (χ4n) is 4.06. The summed E-state index contributed by atoms with van der Waals surface area (Å²) in [6.07, 6.45) is 6.99. The minimum Gasteiger partial charge on any atom is -0.428 e. The molecule has 2 aliphatic rings. The summed E-state index contributed by atoms with van der Waals surface area (Å²) in [6.45, 7) is 0. The van der Waals surface area contributed by atoms with Gasteiger partial charge in [-0.05, 0) is 44.7 Å². The second-order valence-electron chi connectivity index (χ2n) is 7.06. The predicted octanol–water partition coefficient (Wildman–Crippen LogP) is -0.0867. The van der Waals surface area contributed by atoms with E-state index in [1.54, 1.807) is 6.20 Å². The van der Waals surface area contributed by atoms with Gasteiger partial charge in [-0.15, -0.1) is 0 Å². The lowest BCUT2D eigenvalue weighted by Crippen LogP contribution is -2.50. The maximum atomic E-state index is 11.8. The molecule has 0 atom stereocenters. The number of nitrogens with zero attached hydrogens (tertiary/aromatic N) is 2. The highest BCUT2D eigenvalue weighted by atomic mass is 32.2. The van der Waals surface area contributed by atoms with Crippen LogP contribution in [0.5, 0.6) is 0 Å². The molecule has 0 aromatic carbocycles. The molecule has 3 heterocycles.